The average Bonchev–Trinajstić information content (AvgIpc) is 2.45. The van der Waals surface area contributed by atoms with Gasteiger partial charge in [-0.05, 0) is 37.6 Å². The lowest BCUT2D eigenvalue weighted by Gasteiger charge is -2.41. The Morgan fingerprint density at radius 2 is 1.67 bits per heavy atom. The molecule has 1 aliphatic heterocycles. The highest BCUT2D eigenvalue weighted by Crippen LogP contribution is 2.31. The van der Waals surface area contributed by atoms with Crippen molar-refractivity contribution >= 4 is 5.91 Å². The largest absolute Gasteiger partial charge is 0.341 e. The molecule has 1 saturated heterocycles. The van der Waals surface area contributed by atoms with E-state index in [9.17, 15) is 4.79 Å². The summed E-state index contributed by atoms with van der Waals surface area (Å²) in [7, 11) is 0. The number of nitrogens with zero attached hydrogens (tertiary/aromatic N) is 1. The van der Waals surface area contributed by atoms with Crippen LogP contribution in [-0.4, -0.2) is 36.5 Å². The summed E-state index contributed by atoms with van der Waals surface area (Å²) < 4.78 is 0. The van der Waals surface area contributed by atoms with E-state index in [2.05, 4.69) is 37.9 Å². The van der Waals surface area contributed by atoms with E-state index in [1.54, 1.807) is 0 Å². The Kier molecular flexibility index (Phi) is 8.31. The third-order valence-corrected chi connectivity index (χ3v) is 4.75. The molecule has 1 amide bonds. The van der Waals surface area contributed by atoms with Crippen molar-refractivity contribution < 1.29 is 4.79 Å². The number of carbonyl (C=O) groups excluding carboxylic acids is 1. The van der Waals surface area contributed by atoms with E-state index in [1.807, 2.05) is 0 Å². The van der Waals surface area contributed by atoms with E-state index >= 15 is 0 Å². The van der Waals surface area contributed by atoms with Gasteiger partial charge in [0, 0.05) is 13.1 Å². The molecule has 1 atom stereocenters. The molecule has 3 heteroatoms. The van der Waals surface area contributed by atoms with Gasteiger partial charge < -0.3 is 10.2 Å². The summed E-state index contributed by atoms with van der Waals surface area (Å²) in [6, 6.07) is 0.00880. The molecule has 1 heterocycles. The summed E-state index contributed by atoms with van der Waals surface area (Å²) in [5, 5.41) is 3.48. The van der Waals surface area contributed by atoms with E-state index in [4.69, 9.17) is 0 Å². The van der Waals surface area contributed by atoms with Gasteiger partial charge in [0.1, 0.15) is 0 Å². The Bertz CT molecular complexity index is 292. The normalized spacial score (nSPS) is 21.2. The van der Waals surface area contributed by atoms with Gasteiger partial charge in [-0.15, -0.1) is 0 Å². The molecular weight excluding hydrogens is 260 g/mol. The maximum atomic E-state index is 13.0. The van der Waals surface area contributed by atoms with Gasteiger partial charge in [0.05, 0.1) is 6.04 Å². The fourth-order valence-electron chi connectivity index (χ4n) is 3.25. The highest BCUT2D eigenvalue weighted by Gasteiger charge is 2.38. The number of carbonyl (C=O) groups is 1. The molecule has 1 fully saturated rings. The minimum Gasteiger partial charge on any atom is -0.341 e. The molecule has 21 heavy (non-hydrogen) atoms. The van der Waals surface area contributed by atoms with Gasteiger partial charge in [0.15, 0.2) is 0 Å². The standard InChI is InChI=1S/C18H36N2O/c1-5-7-9-14-20(15-10-8-6-2)17(21)16-18(3,4)12-11-13-19-16/h16,19H,5-15H2,1-4H3. The van der Waals surface area contributed by atoms with Crippen LogP contribution in [-0.2, 0) is 4.79 Å². The predicted octanol–water partition coefficient (Wildman–Crippen LogP) is 3.97. The number of piperidine rings is 1. The molecule has 124 valence electrons. The molecule has 3 nitrogen and oxygen atoms in total. The van der Waals surface area contributed by atoms with Crippen molar-refractivity contribution in [3.8, 4) is 0 Å². The van der Waals surface area contributed by atoms with E-state index < -0.39 is 0 Å². The predicted molar refractivity (Wildman–Crippen MR) is 90.4 cm³/mol. The van der Waals surface area contributed by atoms with Gasteiger partial charge in [0.2, 0.25) is 5.91 Å². The van der Waals surface area contributed by atoms with Crippen molar-refractivity contribution in [2.75, 3.05) is 19.6 Å². The zero-order valence-electron chi connectivity index (χ0n) is 14.7. The van der Waals surface area contributed by atoms with Gasteiger partial charge in [-0.25, -0.2) is 0 Å². The van der Waals surface area contributed by atoms with Gasteiger partial charge in [-0.3, -0.25) is 4.79 Å². The monoisotopic (exact) mass is 296 g/mol. The Hall–Kier alpha value is -0.570. The summed E-state index contributed by atoms with van der Waals surface area (Å²) in [4.78, 5) is 15.1. The van der Waals surface area contributed by atoms with E-state index in [0.29, 0.717) is 5.91 Å². The minimum absolute atomic E-state index is 0.00880. The Labute approximate surface area is 131 Å². The maximum absolute atomic E-state index is 13.0. The second kappa shape index (κ2) is 9.45. The first kappa shape index (κ1) is 18.5. The van der Waals surface area contributed by atoms with Crippen LogP contribution in [0.4, 0.5) is 0 Å². The SMILES string of the molecule is CCCCCN(CCCCC)C(=O)C1NCCCC1(C)C. The van der Waals surface area contributed by atoms with Crippen LogP contribution in [0.2, 0.25) is 0 Å². The molecule has 0 bridgehead atoms. The van der Waals surface area contributed by atoms with E-state index in [1.165, 1.54) is 32.1 Å². The lowest BCUT2D eigenvalue weighted by Crippen LogP contribution is -2.56. The number of hydrogen-bond acceptors (Lipinski definition) is 2. The summed E-state index contributed by atoms with van der Waals surface area (Å²) in [6.07, 6.45) is 9.48. The molecule has 1 N–H and O–H groups in total. The summed E-state index contributed by atoms with van der Waals surface area (Å²) >= 11 is 0. The number of amides is 1. The molecule has 0 aromatic heterocycles. The number of hydrogen-bond donors (Lipinski definition) is 1. The van der Waals surface area contributed by atoms with Crippen LogP contribution in [0.1, 0.15) is 79.1 Å². The summed E-state index contributed by atoms with van der Waals surface area (Å²) in [5.74, 6) is 0.340. The van der Waals surface area contributed by atoms with Crippen LogP contribution in [0.5, 0.6) is 0 Å². The highest BCUT2D eigenvalue weighted by atomic mass is 16.2. The fraction of sp³-hybridized carbons (Fsp3) is 0.944. The van der Waals surface area contributed by atoms with Gasteiger partial charge in [-0.2, -0.15) is 0 Å². The maximum Gasteiger partial charge on any atom is 0.240 e. The van der Waals surface area contributed by atoms with Crippen molar-refractivity contribution in [2.24, 2.45) is 5.41 Å². The average molecular weight is 296 g/mol. The second-order valence-corrected chi connectivity index (χ2v) is 7.22. The smallest absolute Gasteiger partial charge is 0.240 e. The number of nitrogens with one attached hydrogen (secondary N) is 1. The lowest BCUT2D eigenvalue weighted by molar-refractivity contribution is -0.137. The molecule has 0 aromatic rings. The van der Waals surface area contributed by atoms with Crippen LogP contribution in [0.15, 0.2) is 0 Å². The molecule has 1 rings (SSSR count). The van der Waals surface area contributed by atoms with Crippen LogP contribution < -0.4 is 5.32 Å². The molecule has 0 aromatic carbocycles. The van der Waals surface area contributed by atoms with E-state index in [0.717, 1.165) is 38.9 Å². The fourth-order valence-corrected chi connectivity index (χ4v) is 3.25. The molecule has 0 saturated carbocycles. The highest BCUT2D eigenvalue weighted by molar-refractivity contribution is 5.83. The van der Waals surface area contributed by atoms with Crippen molar-refractivity contribution in [3.05, 3.63) is 0 Å². The zero-order chi connectivity index (χ0) is 15.7. The number of unbranched alkanes of at least 4 members (excludes halogenated alkanes) is 4. The van der Waals surface area contributed by atoms with E-state index in [-0.39, 0.29) is 11.5 Å². The van der Waals surface area contributed by atoms with Crippen LogP contribution in [0, 0.1) is 5.41 Å². The van der Waals surface area contributed by atoms with Crippen LogP contribution in [0.25, 0.3) is 0 Å². The van der Waals surface area contributed by atoms with Crippen molar-refractivity contribution in [1.29, 1.82) is 0 Å². The minimum atomic E-state index is 0.00880. The molecule has 0 spiro atoms. The molecular formula is C18H36N2O. The van der Waals surface area contributed by atoms with Crippen LogP contribution in [0.3, 0.4) is 0 Å². The topological polar surface area (TPSA) is 32.3 Å². The summed E-state index contributed by atoms with van der Waals surface area (Å²) in [6.45, 7) is 11.8. The number of rotatable bonds is 9. The zero-order valence-corrected chi connectivity index (χ0v) is 14.7. The van der Waals surface area contributed by atoms with Crippen molar-refractivity contribution in [1.82, 2.24) is 10.2 Å². The molecule has 1 aliphatic rings. The first-order chi connectivity index (χ1) is 10.0. The Morgan fingerprint density at radius 1 is 1.10 bits per heavy atom. The summed E-state index contributed by atoms with van der Waals surface area (Å²) in [5.41, 5.74) is 0.0864. The lowest BCUT2D eigenvalue weighted by atomic mass is 9.77. The first-order valence-corrected chi connectivity index (χ1v) is 9.05. The third kappa shape index (κ3) is 5.98. The molecule has 1 unspecified atom stereocenters. The third-order valence-electron chi connectivity index (χ3n) is 4.75. The Balaban J connectivity index is 2.63. The van der Waals surface area contributed by atoms with Gasteiger partial charge in [-0.1, -0.05) is 53.4 Å². The van der Waals surface area contributed by atoms with Crippen LogP contribution >= 0.6 is 0 Å². The quantitative estimate of drug-likeness (QED) is 0.653. The van der Waals surface area contributed by atoms with Gasteiger partial charge in [0.25, 0.3) is 0 Å². The first-order valence-electron chi connectivity index (χ1n) is 9.05. The second-order valence-electron chi connectivity index (χ2n) is 7.22. The van der Waals surface area contributed by atoms with Crippen molar-refractivity contribution in [3.63, 3.8) is 0 Å². The van der Waals surface area contributed by atoms with Gasteiger partial charge >= 0.3 is 0 Å². The molecule has 0 radical (unpaired) electrons. The molecule has 0 aliphatic carbocycles. The Morgan fingerprint density at radius 3 is 2.14 bits per heavy atom. The van der Waals surface area contributed by atoms with Crippen molar-refractivity contribution in [2.45, 2.75) is 85.1 Å².